The molecule has 0 saturated carbocycles. The number of thiophene rings is 1. The molecule has 1 aliphatic carbocycles. The van der Waals surface area contributed by atoms with E-state index < -0.39 is 5.41 Å². The maximum Gasteiger partial charge on any atom is 0.237 e. The number of anilines is 2. The monoisotopic (exact) mass is 520 g/mol. The lowest BCUT2D eigenvalue weighted by Gasteiger charge is -2.33. The summed E-state index contributed by atoms with van der Waals surface area (Å²) in [4.78, 5) is 15.5. The van der Waals surface area contributed by atoms with E-state index in [4.69, 9.17) is 25.0 Å². The molecule has 3 aliphatic rings. The molecule has 0 spiro atoms. The molecule has 1 unspecified atom stereocenters. The lowest BCUT2D eigenvalue weighted by Crippen LogP contribution is -2.44. The van der Waals surface area contributed by atoms with Crippen LogP contribution in [0.3, 0.4) is 0 Å². The molecule has 194 valence electrons. The fraction of sp³-hybridized carbons (Fsp3) is 0.538. The standard InChI is InChI=1S/C26H32N8O2S/c1-26(6-3-4-20-22(26)18(14-27)23(28)37-20)25-31-24(32-36-25)19-12-17(35-16-5-7-29-15-16)13-21(30-19)34-10-8-33(2)9-11-34/h12-13,16,29H,3-11,15,28H2,1-2H3/t16-,26?/m1/s1. The largest absolute Gasteiger partial charge is 0.489 e. The van der Waals surface area contributed by atoms with Crippen molar-refractivity contribution in [2.45, 2.75) is 44.1 Å². The van der Waals surface area contributed by atoms with Gasteiger partial charge >= 0.3 is 0 Å². The second-order valence-electron chi connectivity index (χ2n) is 10.4. The Kier molecular flexibility index (Phi) is 6.26. The highest BCUT2D eigenvalue weighted by molar-refractivity contribution is 7.16. The average molecular weight is 521 g/mol. The van der Waals surface area contributed by atoms with Crippen molar-refractivity contribution < 1.29 is 9.26 Å². The Hall–Kier alpha value is -3.20. The molecule has 0 bridgehead atoms. The number of piperazine rings is 1. The van der Waals surface area contributed by atoms with Crippen LogP contribution in [-0.2, 0) is 11.8 Å². The van der Waals surface area contributed by atoms with Crippen LogP contribution in [0.4, 0.5) is 10.8 Å². The number of aryl methyl sites for hydroxylation is 1. The highest BCUT2D eigenvalue weighted by atomic mass is 32.1. The lowest BCUT2D eigenvalue weighted by atomic mass is 9.72. The first-order valence-electron chi connectivity index (χ1n) is 12.9. The first-order chi connectivity index (χ1) is 17.9. The number of fused-ring (bicyclic) bond motifs is 1. The minimum Gasteiger partial charge on any atom is -0.489 e. The molecule has 10 nitrogen and oxygen atoms in total. The second kappa shape index (κ2) is 9.59. The Morgan fingerprint density at radius 1 is 1.27 bits per heavy atom. The van der Waals surface area contributed by atoms with Gasteiger partial charge in [-0.3, -0.25) is 0 Å². The van der Waals surface area contributed by atoms with E-state index in [0.29, 0.717) is 28.0 Å². The van der Waals surface area contributed by atoms with Gasteiger partial charge in [-0.1, -0.05) is 5.16 Å². The van der Waals surface area contributed by atoms with E-state index in [-0.39, 0.29) is 6.10 Å². The summed E-state index contributed by atoms with van der Waals surface area (Å²) in [5, 5.41) is 18.1. The molecule has 0 amide bonds. The fourth-order valence-corrected chi connectivity index (χ4v) is 6.85. The number of nitrogens with two attached hydrogens (primary N) is 1. The van der Waals surface area contributed by atoms with Crippen LogP contribution in [0.15, 0.2) is 16.7 Å². The van der Waals surface area contributed by atoms with Gasteiger partial charge in [0.1, 0.15) is 34.4 Å². The maximum absolute atomic E-state index is 9.82. The molecule has 11 heteroatoms. The first-order valence-corrected chi connectivity index (χ1v) is 13.8. The van der Waals surface area contributed by atoms with Gasteiger partial charge in [0.05, 0.1) is 11.0 Å². The van der Waals surface area contributed by atoms with Crippen LogP contribution < -0.4 is 20.7 Å². The van der Waals surface area contributed by atoms with E-state index in [2.05, 4.69) is 40.3 Å². The quantitative estimate of drug-likeness (QED) is 0.518. The number of hydrogen-bond donors (Lipinski definition) is 2. The van der Waals surface area contributed by atoms with Crippen LogP contribution in [0.5, 0.6) is 5.75 Å². The van der Waals surface area contributed by atoms with Crippen LogP contribution in [0.1, 0.15) is 48.1 Å². The summed E-state index contributed by atoms with van der Waals surface area (Å²) in [6.07, 6.45) is 3.79. The molecule has 5 heterocycles. The molecule has 37 heavy (non-hydrogen) atoms. The van der Waals surface area contributed by atoms with Gasteiger partial charge in [0.15, 0.2) is 0 Å². The van der Waals surface area contributed by atoms with Crippen molar-refractivity contribution >= 4 is 22.2 Å². The normalized spacial score (nSPS) is 24.1. The molecule has 2 atom stereocenters. The van der Waals surface area contributed by atoms with Crippen molar-refractivity contribution in [1.82, 2.24) is 25.3 Å². The van der Waals surface area contributed by atoms with Crippen molar-refractivity contribution in [1.29, 1.82) is 5.26 Å². The van der Waals surface area contributed by atoms with Crippen LogP contribution in [-0.4, -0.2) is 72.4 Å². The van der Waals surface area contributed by atoms with Gasteiger partial charge in [-0.2, -0.15) is 10.2 Å². The van der Waals surface area contributed by atoms with Gasteiger partial charge < -0.3 is 30.1 Å². The number of rotatable bonds is 5. The number of hydrogen-bond acceptors (Lipinski definition) is 11. The molecule has 6 rings (SSSR count). The van der Waals surface area contributed by atoms with Crippen molar-refractivity contribution in [2.75, 3.05) is 56.9 Å². The number of ether oxygens (including phenoxy) is 1. The Morgan fingerprint density at radius 3 is 2.86 bits per heavy atom. The summed E-state index contributed by atoms with van der Waals surface area (Å²) in [5.41, 5.74) is 7.74. The highest BCUT2D eigenvalue weighted by Gasteiger charge is 2.43. The number of aromatic nitrogens is 3. The number of pyridine rings is 1. The summed E-state index contributed by atoms with van der Waals surface area (Å²) in [7, 11) is 2.14. The number of likely N-dealkylation sites (N-methyl/N-ethyl adjacent to an activating group) is 1. The van der Waals surface area contributed by atoms with Crippen molar-refractivity contribution in [3.8, 4) is 23.3 Å². The molecule has 2 aliphatic heterocycles. The van der Waals surface area contributed by atoms with E-state index in [1.165, 1.54) is 11.3 Å². The first kappa shape index (κ1) is 24.2. The molecule has 3 aromatic rings. The molecule has 2 fully saturated rings. The minimum atomic E-state index is -0.568. The van der Waals surface area contributed by atoms with Gasteiger partial charge in [-0.25, -0.2) is 4.98 Å². The zero-order valence-electron chi connectivity index (χ0n) is 21.3. The highest BCUT2D eigenvalue weighted by Crippen LogP contribution is 2.48. The SMILES string of the molecule is CN1CCN(c2cc(O[C@@H]3CCNC3)cc(-c3noc(C4(C)CCCc5sc(N)c(C#N)c54)n3)n2)CC1. The van der Waals surface area contributed by atoms with Gasteiger partial charge in [0.2, 0.25) is 11.7 Å². The van der Waals surface area contributed by atoms with E-state index >= 15 is 0 Å². The summed E-state index contributed by atoms with van der Waals surface area (Å²) < 4.78 is 12.2. The Bertz CT molecular complexity index is 1330. The fourth-order valence-electron chi connectivity index (χ4n) is 5.65. The van der Waals surface area contributed by atoms with E-state index in [0.717, 1.165) is 87.0 Å². The molecule has 0 aromatic carbocycles. The van der Waals surface area contributed by atoms with Gasteiger partial charge in [-0.05, 0) is 46.2 Å². The van der Waals surface area contributed by atoms with Crippen molar-refractivity contribution in [3.05, 3.63) is 34.0 Å². The van der Waals surface area contributed by atoms with Crippen LogP contribution in [0.2, 0.25) is 0 Å². The van der Waals surface area contributed by atoms with Crippen LogP contribution >= 0.6 is 11.3 Å². The molecular formula is C26H32N8O2S. The summed E-state index contributed by atoms with van der Waals surface area (Å²) in [6.45, 7) is 7.61. The number of nitriles is 1. The predicted molar refractivity (Wildman–Crippen MR) is 142 cm³/mol. The number of nitrogens with zero attached hydrogens (tertiary/aromatic N) is 6. The predicted octanol–water partition coefficient (Wildman–Crippen LogP) is 2.78. The van der Waals surface area contributed by atoms with Gasteiger partial charge in [0.25, 0.3) is 0 Å². The number of nitrogen functional groups attached to an aromatic ring is 1. The summed E-state index contributed by atoms with van der Waals surface area (Å²) >= 11 is 1.50. The number of nitrogens with one attached hydrogen (secondary N) is 1. The Balaban J connectivity index is 1.37. The topological polar surface area (TPSA) is 129 Å². The second-order valence-corrected chi connectivity index (χ2v) is 11.6. The van der Waals surface area contributed by atoms with E-state index in [1.54, 1.807) is 0 Å². The zero-order chi connectivity index (χ0) is 25.6. The Labute approximate surface area is 220 Å². The van der Waals surface area contributed by atoms with Gasteiger partial charge in [0, 0.05) is 55.3 Å². The molecule has 0 radical (unpaired) electrons. The van der Waals surface area contributed by atoms with E-state index in [9.17, 15) is 5.26 Å². The smallest absolute Gasteiger partial charge is 0.237 e. The van der Waals surface area contributed by atoms with Crippen LogP contribution in [0, 0.1) is 11.3 Å². The lowest BCUT2D eigenvalue weighted by molar-refractivity contribution is 0.223. The van der Waals surface area contributed by atoms with Crippen LogP contribution in [0.25, 0.3) is 11.5 Å². The molecule has 3 aromatic heterocycles. The molecular weight excluding hydrogens is 488 g/mol. The average Bonchev–Trinajstić information content (AvgIpc) is 3.65. The zero-order valence-corrected chi connectivity index (χ0v) is 22.1. The summed E-state index contributed by atoms with van der Waals surface area (Å²) in [6, 6.07) is 6.24. The third-order valence-corrected chi connectivity index (χ3v) is 8.89. The third-order valence-electron chi connectivity index (χ3n) is 7.81. The summed E-state index contributed by atoms with van der Waals surface area (Å²) in [5.74, 6) is 2.55. The van der Waals surface area contributed by atoms with E-state index in [1.807, 2.05) is 12.1 Å². The maximum atomic E-state index is 9.82. The Morgan fingerprint density at radius 2 is 2.11 bits per heavy atom. The third kappa shape index (κ3) is 4.43. The molecule has 3 N–H and O–H groups in total. The minimum absolute atomic E-state index is 0.129. The van der Waals surface area contributed by atoms with Gasteiger partial charge in [-0.15, -0.1) is 11.3 Å². The van der Waals surface area contributed by atoms with Crippen molar-refractivity contribution in [3.63, 3.8) is 0 Å². The molecule has 2 saturated heterocycles. The van der Waals surface area contributed by atoms with Crippen molar-refractivity contribution in [2.24, 2.45) is 0 Å².